The lowest BCUT2D eigenvalue weighted by Crippen LogP contribution is -2.37. The number of carbonyl (C=O) groups is 3. The fraction of sp³-hybridized carbons (Fsp3) is 0.432. The second-order valence-corrected chi connectivity index (χ2v) is 12.6. The molecule has 4 N–H and O–H groups in total. The SMILES string of the molecule is COC1CC(C)C(OC)c2cc(OC(=O)Oc3ccc([N+](=O)[O-])cc3)cc(c2O)NC(=O)/C(C)=C/C=C\C(C)C(OC(N)=O)/C(C)=C/C(C)C1OC. The van der Waals surface area contributed by atoms with E-state index in [0.29, 0.717) is 6.42 Å². The lowest BCUT2D eigenvalue weighted by molar-refractivity contribution is -0.384. The van der Waals surface area contributed by atoms with Crippen LogP contribution >= 0.6 is 0 Å². The van der Waals surface area contributed by atoms with Gasteiger partial charge in [-0.2, -0.15) is 0 Å². The molecule has 282 valence electrons. The van der Waals surface area contributed by atoms with E-state index in [9.17, 15) is 29.6 Å². The molecule has 1 aliphatic rings. The predicted molar refractivity (Wildman–Crippen MR) is 191 cm³/mol. The number of nitrogens with zero attached hydrogens (tertiary/aromatic N) is 1. The van der Waals surface area contributed by atoms with Crippen LogP contribution in [0.2, 0.25) is 0 Å². The number of nitro benzene ring substituents is 1. The number of phenols is 1. The Labute approximate surface area is 302 Å². The Kier molecular flexibility index (Phi) is 14.9. The zero-order chi connectivity index (χ0) is 38.7. The van der Waals surface area contributed by atoms with Crippen molar-refractivity contribution >= 4 is 29.5 Å². The number of nitrogens with one attached hydrogen (secondary N) is 1. The first-order valence-corrected chi connectivity index (χ1v) is 16.5. The van der Waals surface area contributed by atoms with E-state index in [-0.39, 0.29) is 57.5 Å². The molecule has 0 spiro atoms. The molecule has 0 saturated carbocycles. The Morgan fingerprint density at radius 2 is 1.60 bits per heavy atom. The molecule has 3 rings (SSSR count). The van der Waals surface area contributed by atoms with Crippen molar-refractivity contribution in [3.63, 3.8) is 0 Å². The van der Waals surface area contributed by atoms with Crippen molar-refractivity contribution in [2.45, 2.75) is 65.5 Å². The zero-order valence-electron chi connectivity index (χ0n) is 30.5. The Hall–Kier alpha value is -5.25. The average molecular weight is 726 g/mol. The van der Waals surface area contributed by atoms with Crippen LogP contribution in [0, 0.1) is 27.9 Å². The standard InChI is InChI=1S/C37H47N3O12/c1-20-10-9-11-21(2)35(42)39-29-19-27(51-37(44)50-26-14-12-25(13-15-26)40(45)46)18-28(31(29)41)33(48-7)24(5)17-30(47-6)34(49-8)23(4)16-22(3)32(20)52-36(38)43/h9-16,18-20,23-24,30,32-34,41H,17H2,1-8H3,(H2,38,43)(H,39,42)/b10-9-,21-11+,22-16+. The molecule has 7 unspecified atom stereocenters. The summed E-state index contributed by atoms with van der Waals surface area (Å²) in [5.74, 6) is -1.96. The molecular weight excluding hydrogens is 678 g/mol. The van der Waals surface area contributed by atoms with Gasteiger partial charge in [0.15, 0.2) is 0 Å². The van der Waals surface area contributed by atoms with E-state index < -0.39 is 47.5 Å². The fourth-order valence-electron chi connectivity index (χ4n) is 6.19. The molecule has 2 aromatic rings. The number of phenolic OH excluding ortho intramolecular Hbond substituents is 1. The molecule has 52 heavy (non-hydrogen) atoms. The molecule has 0 saturated heterocycles. The number of amides is 2. The summed E-state index contributed by atoms with van der Waals surface area (Å²) in [7, 11) is 4.58. The number of ether oxygens (including phenoxy) is 6. The summed E-state index contributed by atoms with van der Waals surface area (Å²) < 4.78 is 33.9. The monoisotopic (exact) mass is 725 g/mol. The molecule has 2 bridgehead atoms. The molecule has 0 aliphatic carbocycles. The maximum absolute atomic E-state index is 13.3. The lowest BCUT2D eigenvalue weighted by atomic mass is 9.86. The van der Waals surface area contributed by atoms with Crippen molar-refractivity contribution in [2.24, 2.45) is 23.5 Å². The van der Waals surface area contributed by atoms with Gasteiger partial charge in [0.2, 0.25) is 0 Å². The highest BCUT2D eigenvalue weighted by Crippen LogP contribution is 2.42. The highest BCUT2D eigenvalue weighted by molar-refractivity contribution is 6.04. The zero-order valence-corrected chi connectivity index (χ0v) is 30.5. The van der Waals surface area contributed by atoms with Gasteiger partial charge in [0.25, 0.3) is 11.6 Å². The fourth-order valence-corrected chi connectivity index (χ4v) is 6.19. The number of primary amides is 1. The van der Waals surface area contributed by atoms with Gasteiger partial charge in [0.05, 0.1) is 28.9 Å². The Morgan fingerprint density at radius 1 is 0.942 bits per heavy atom. The number of aromatic hydroxyl groups is 1. The number of non-ortho nitro benzene ring substituents is 1. The maximum atomic E-state index is 13.3. The first-order chi connectivity index (χ1) is 24.6. The van der Waals surface area contributed by atoms with Crippen LogP contribution in [0.3, 0.4) is 0 Å². The van der Waals surface area contributed by atoms with Crippen molar-refractivity contribution in [2.75, 3.05) is 26.6 Å². The summed E-state index contributed by atoms with van der Waals surface area (Å²) in [6.45, 7) is 9.07. The Balaban J connectivity index is 2.11. The first kappa shape index (κ1) is 41.2. The number of benzene rings is 2. The maximum Gasteiger partial charge on any atom is 0.519 e. The topological polar surface area (TPSA) is 208 Å². The van der Waals surface area contributed by atoms with Crippen LogP contribution in [0.15, 0.2) is 71.8 Å². The summed E-state index contributed by atoms with van der Waals surface area (Å²) in [5, 5.41) is 25.2. The molecule has 15 heteroatoms. The number of rotatable bonds is 7. The van der Waals surface area contributed by atoms with Gasteiger partial charge in [0, 0.05) is 62.5 Å². The van der Waals surface area contributed by atoms with E-state index >= 15 is 0 Å². The summed E-state index contributed by atoms with van der Waals surface area (Å²) in [6, 6.07) is 7.46. The minimum absolute atomic E-state index is 0.0105. The highest BCUT2D eigenvalue weighted by atomic mass is 16.7. The van der Waals surface area contributed by atoms with Gasteiger partial charge in [-0.05, 0) is 50.0 Å². The number of hydrogen-bond acceptors (Lipinski definition) is 12. The molecule has 0 fully saturated rings. The summed E-state index contributed by atoms with van der Waals surface area (Å²) in [4.78, 5) is 48.4. The molecule has 2 amide bonds. The van der Waals surface area contributed by atoms with Gasteiger partial charge in [0.1, 0.15) is 23.4 Å². The molecule has 0 aromatic heterocycles. The van der Waals surface area contributed by atoms with Crippen LogP contribution in [0.1, 0.15) is 52.7 Å². The van der Waals surface area contributed by atoms with E-state index in [2.05, 4.69) is 5.32 Å². The number of anilines is 1. The molecule has 15 nitrogen and oxygen atoms in total. The van der Waals surface area contributed by atoms with Crippen LogP contribution in [0.5, 0.6) is 17.2 Å². The van der Waals surface area contributed by atoms with Crippen LogP contribution in [-0.4, -0.2) is 67.8 Å². The van der Waals surface area contributed by atoms with Gasteiger partial charge in [-0.1, -0.05) is 45.1 Å². The van der Waals surface area contributed by atoms with Crippen molar-refractivity contribution in [1.82, 2.24) is 0 Å². The van der Waals surface area contributed by atoms with Crippen molar-refractivity contribution in [3.05, 3.63) is 87.5 Å². The predicted octanol–water partition coefficient (Wildman–Crippen LogP) is 6.76. The van der Waals surface area contributed by atoms with Crippen LogP contribution in [0.25, 0.3) is 0 Å². The average Bonchev–Trinajstić information content (AvgIpc) is 3.08. The van der Waals surface area contributed by atoms with Crippen molar-refractivity contribution < 1.29 is 52.8 Å². The quantitative estimate of drug-likeness (QED) is 0.0676. The lowest BCUT2D eigenvalue weighted by Gasteiger charge is -2.33. The Morgan fingerprint density at radius 3 is 2.17 bits per heavy atom. The number of nitro groups is 1. The van der Waals surface area contributed by atoms with Crippen molar-refractivity contribution in [3.8, 4) is 17.2 Å². The van der Waals surface area contributed by atoms with Gasteiger partial charge >= 0.3 is 12.2 Å². The third-order valence-corrected chi connectivity index (χ3v) is 8.77. The van der Waals surface area contributed by atoms with Crippen LogP contribution < -0.4 is 20.5 Å². The molecule has 1 aliphatic heterocycles. The minimum atomic E-state index is -1.18. The smallest absolute Gasteiger partial charge is 0.505 e. The first-order valence-electron chi connectivity index (χ1n) is 16.5. The molecule has 0 radical (unpaired) electrons. The molecule has 7 atom stereocenters. The number of methoxy groups -OCH3 is 3. The summed E-state index contributed by atoms with van der Waals surface area (Å²) in [6.07, 6.45) is 2.66. The number of nitrogens with two attached hydrogens (primary N) is 1. The van der Waals surface area contributed by atoms with E-state index in [4.69, 9.17) is 34.2 Å². The second-order valence-electron chi connectivity index (χ2n) is 12.6. The van der Waals surface area contributed by atoms with Crippen LogP contribution in [0.4, 0.5) is 21.0 Å². The van der Waals surface area contributed by atoms with Crippen molar-refractivity contribution in [1.29, 1.82) is 0 Å². The number of carbonyl (C=O) groups excluding carboxylic acids is 3. The molecule has 1 heterocycles. The highest BCUT2D eigenvalue weighted by Gasteiger charge is 2.33. The molecule has 2 aromatic carbocycles. The number of hydrogen-bond donors (Lipinski definition) is 3. The van der Waals surface area contributed by atoms with E-state index in [0.717, 1.165) is 5.57 Å². The third kappa shape index (κ3) is 10.9. The number of allylic oxidation sites excluding steroid dienone is 2. The number of fused-ring (bicyclic) bond motifs is 2. The third-order valence-electron chi connectivity index (χ3n) is 8.77. The van der Waals surface area contributed by atoms with E-state index in [1.807, 2.05) is 33.8 Å². The van der Waals surface area contributed by atoms with Crippen LogP contribution in [-0.2, 0) is 23.7 Å². The van der Waals surface area contributed by atoms with Gasteiger partial charge < -0.3 is 44.6 Å². The van der Waals surface area contributed by atoms with Gasteiger partial charge in [-0.25, -0.2) is 9.59 Å². The van der Waals surface area contributed by atoms with E-state index in [1.54, 1.807) is 39.4 Å². The summed E-state index contributed by atoms with van der Waals surface area (Å²) >= 11 is 0. The van der Waals surface area contributed by atoms with Gasteiger partial charge in [-0.15, -0.1) is 0 Å². The largest absolute Gasteiger partial charge is 0.519 e. The normalized spacial score (nSPS) is 27.2. The van der Waals surface area contributed by atoms with E-state index in [1.165, 1.54) is 43.5 Å². The van der Waals surface area contributed by atoms with Gasteiger partial charge in [-0.3, -0.25) is 14.9 Å². The Bertz CT molecular complexity index is 1690. The second kappa shape index (κ2) is 18.8. The minimum Gasteiger partial charge on any atom is -0.505 e. The summed E-state index contributed by atoms with van der Waals surface area (Å²) in [5.41, 5.74) is 6.33. The molecular formula is C37H47N3O12.